The Morgan fingerprint density at radius 2 is 1.97 bits per heavy atom. The number of ether oxygens (including phenoxy) is 1. The van der Waals surface area contributed by atoms with E-state index in [9.17, 15) is 13.6 Å². The maximum Gasteiger partial charge on any atom is 0.387 e. The molecule has 0 fully saturated rings. The number of fused-ring (bicyclic) bond motifs is 1. The van der Waals surface area contributed by atoms with Crippen LogP contribution in [0.15, 0.2) is 71.5 Å². The van der Waals surface area contributed by atoms with Crippen LogP contribution in [0, 0.1) is 6.92 Å². The van der Waals surface area contributed by atoms with E-state index in [0.717, 1.165) is 15.6 Å². The van der Waals surface area contributed by atoms with Crippen LogP contribution < -0.4 is 10.1 Å². The van der Waals surface area contributed by atoms with Crippen molar-refractivity contribution >= 4 is 38.4 Å². The van der Waals surface area contributed by atoms with E-state index in [1.54, 1.807) is 49.6 Å². The number of hydrogen-bond acceptors (Lipinski definition) is 4. The molecule has 5 nitrogen and oxygen atoms in total. The summed E-state index contributed by atoms with van der Waals surface area (Å²) in [5.41, 5.74) is 3.15. The lowest BCUT2D eigenvalue weighted by molar-refractivity contribution is -0.0494. The molecule has 4 aromatic rings. The highest BCUT2D eigenvalue weighted by atomic mass is 79.9. The van der Waals surface area contributed by atoms with Crippen LogP contribution in [-0.2, 0) is 0 Å². The Balaban J connectivity index is 1.80. The van der Waals surface area contributed by atoms with E-state index < -0.39 is 12.5 Å². The van der Waals surface area contributed by atoms with Crippen LogP contribution in [0.3, 0.4) is 0 Å². The fourth-order valence-electron chi connectivity index (χ4n) is 3.16. The molecular weight excluding hydrogens is 468 g/mol. The van der Waals surface area contributed by atoms with Gasteiger partial charge in [0.05, 0.1) is 22.5 Å². The molecule has 2 aromatic carbocycles. The van der Waals surface area contributed by atoms with Crippen molar-refractivity contribution in [3.63, 3.8) is 0 Å². The predicted octanol–water partition coefficient (Wildman–Crippen LogP) is 6.22. The second-order valence-corrected chi connectivity index (χ2v) is 7.71. The summed E-state index contributed by atoms with van der Waals surface area (Å²) in [7, 11) is 0. The summed E-state index contributed by atoms with van der Waals surface area (Å²) < 4.78 is 31.0. The average Bonchev–Trinajstić information content (AvgIpc) is 2.75. The third-order valence-electron chi connectivity index (χ3n) is 4.57. The number of alkyl halides is 2. The molecule has 156 valence electrons. The van der Waals surface area contributed by atoms with Gasteiger partial charge in [-0.2, -0.15) is 8.78 Å². The monoisotopic (exact) mass is 483 g/mol. The second-order valence-electron chi connectivity index (χ2n) is 6.79. The van der Waals surface area contributed by atoms with Gasteiger partial charge in [0.25, 0.3) is 5.91 Å². The number of aryl methyl sites for hydroxylation is 1. The molecule has 0 aliphatic rings. The Labute approximate surface area is 185 Å². The number of nitrogens with zero attached hydrogens (tertiary/aromatic N) is 2. The number of benzene rings is 2. The number of anilines is 1. The van der Waals surface area contributed by atoms with Gasteiger partial charge in [-0.1, -0.05) is 22.0 Å². The molecule has 0 saturated heterocycles. The summed E-state index contributed by atoms with van der Waals surface area (Å²) in [5.74, 6) is -0.575. The molecule has 1 N–H and O–H groups in total. The van der Waals surface area contributed by atoms with E-state index >= 15 is 0 Å². The van der Waals surface area contributed by atoms with Crippen LogP contribution >= 0.6 is 15.9 Å². The van der Waals surface area contributed by atoms with Gasteiger partial charge in [0.1, 0.15) is 5.75 Å². The first-order valence-electron chi connectivity index (χ1n) is 9.28. The molecule has 0 aliphatic carbocycles. The van der Waals surface area contributed by atoms with Crippen LogP contribution in [0.5, 0.6) is 5.75 Å². The zero-order valence-electron chi connectivity index (χ0n) is 16.3. The van der Waals surface area contributed by atoms with Crippen LogP contribution in [-0.4, -0.2) is 22.5 Å². The van der Waals surface area contributed by atoms with Gasteiger partial charge in [-0.15, -0.1) is 0 Å². The quantitative estimate of drug-likeness (QED) is 0.365. The molecular formula is C23H16BrF2N3O2. The molecule has 8 heteroatoms. The maximum atomic E-state index is 13.2. The van der Waals surface area contributed by atoms with Crippen molar-refractivity contribution in [3.05, 3.63) is 82.6 Å². The van der Waals surface area contributed by atoms with Crippen LogP contribution in [0.25, 0.3) is 22.2 Å². The van der Waals surface area contributed by atoms with Crippen molar-refractivity contribution < 1.29 is 18.3 Å². The number of halogens is 3. The Morgan fingerprint density at radius 3 is 2.71 bits per heavy atom. The van der Waals surface area contributed by atoms with Gasteiger partial charge in [0.15, 0.2) is 0 Å². The van der Waals surface area contributed by atoms with E-state index in [1.807, 2.05) is 12.1 Å². The number of nitrogens with one attached hydrogen (secondary N) is 1. The smallest absolute Gasteiger partial charge is 0.387 e. The highest BCUT2D eigenvalue weighted by Crippen LogP contribution is 2.31. The van der Waals surface area contributed by atoms with Gasteiger partial charge in [-0.25, -0.2) is 4.98 Å². The minimum atomic E-state index is -3.01. The number of hydrogen-bond donors (Lipinski definition) is 1. The highest BCUT2D eigenvalue weighted by Gasteiger charge is 2.18. The molecule has 0 radical (unpaired) electrons. The van der Waals surface area contributed by atoms with E-state index in [2.05, 4.69) is 36.0 Å². The van der Waals surface area contributed by atoms with Crippen molar-refractivity contribution in [1.29, 1.82) is 0 Å². The Morgan fingerprint density at radius 1 is 1.13 bits per heavy atom. The van der Waals surface area contributed by atoms with E-state index in [0.29, 0.717) is 22.2 Å². The molecule has 2 aromatic heterocycles. The molecule has 0 atom stereocenters. The van der Waals surface area contributed by atoms with Gasteiger partial charge in [0.2, 0.25) is 0 Å². The van der Waals surface area contributed by atoms with Crippen molar-refractivity contribution in [1.82, 2.24) is 9.97 Å². The second kappa shape index (κ2) is 8.77. The van der Waals surface area contributed by atoms with Gasteiger partial charge >= 0.3 is 6.61 Å². The van der Waals surface area contributed by atoms with Crippen LogP contribution in [0.1, 0.15) is 15.9 Å². The normalized spacial score (nSPS) is 11.0. The fourth-order valence-corrected chi connectivity index (χ4v) is 3.53. The summed E-state index contributed by atoms with van der Waals surface area (Å²) in [6.07, 6.45) is 3.31. The van der Waals surface area contributed by atoms with Crippen molar-refractivity contribution in [2.24, 2.45) is 0 Å². The van der Waals surface area contributed by atoms with Crippen molar-refractivity contribution in [2.75, 3.05) is 5.32 Å². The zero-order chi connectivity index (χ0) is 22.0. The molecule has 4 rings (SSSR count). The Hall–Kier alpha value is -3.39. The van der Waals surface area contributed by atoms with E-state index in [-0.39, 0.29) is 11.4 Å². The first-order valence-corrected chi connectivity index (χ1v) is 10.1. The fraction of sp³-hybridized carbons (Fsp3) is 0.0870. The summed E-state index contributed by atoms with van der Waals surface area (Å²) in [6, 6.07) is 15.4. The maximum absolute atomic E-state index is 13.2. The van der Waals surface area contributed by atoms with Gasteiger partial charge in [-0.3, -0.25) is 9.78 Å². The molecule has 0 saturated carbocycles. The zero-order valence-corrected chi connectivity index (χ0v) is 17.9. The number of carbonyl (C=O) groups excluding carboxylic acids is 1. The third kappa shape index (κ3) is 4.69. The van der Waals surface area contributed by atoms with Crippen molar-refractivity contribution in [3.8, 4) is 17.0 Å². The SMILES string of the molecule is Cc1ccc(NC(=O)c2cc(-c3cccnc3)nc3ccc(Br)cc23)c(OC(F)F)c1. The topological polar surface area (TPSA) is 64.1 Å². The molecule has 0 unspecified atom stereocenters. The summed E-state index contributed by atoms with van der Waals surface area (Å²) >= 11 is 3.42. The number of rotatable bonds is 5. The minimum Gasteiger partial charge on any atom is -0.433 e. The minimum absolute atomic E-state index is 0.102. The van der Waals surface area contributed by atoms with Crippen LogP contribution in [0.2, 0.25) is 0 Å². The average molecular weight is 484 g/mol. The molecule has 2 heterocycles. The lowest BCUT2D eigenvalue weighted by atomic mass is 10.0. The lowest BCUT2D eigenvalue weighted by Crippen LogP contribution is -2.15. The van der Waals surface area contributed by atoms with Gasteiger partial charge in [-0.05, 0) is 61.0 Å². The molecule has 0 bridgehead atoms. The van der Waals surface area contributed by atoms with Crippen molar-refractivity contribution in [2.45, 2.75) is 13.5 Å². The first-order chi connectivity index (χ1) is 14.9. The summed E-state index contributed by atoms with van der Waals surface area (Å²) in [4.78, 5) is 22.0. The number of carbonyl (C=O) groups is 1. The summed E-state index contributed by atoms with van der Waals surface area (Å²) in [6.45, 7) is -1.26. The first kappa shape index (κ1) is 20.9. The molecule has 0 spiro atoms. The molecule has 1 amide bonds. The highest BCUT2D eigenvalue weighted by molar-refractivity contribution is 9.10. The number of pyridine rings is 2. The Kier molecular flexibility index (Phi) is 5.90. The predicted molar refractivity (Wildman–Crippen MR) is 118 cm³/mol. The van der Waals surface area contributed by atoms with Crippen LogP contribution in [0.4, 0.5) is 14.5 Å². The number of amides is 1. The van der Waals surface area contributed by atoms with Gasteiger partial charge < -0.3 is 10.1 Å². The molecule has 31 heavy (non-hydrogen) atoms. The molecule has 0 aliphatic heterocycles. The largest absolute Gasteiger partial charge is 0.433 e. The van der Waals surface area contributed by atoms with E-state index in [1.165, 1.54) is 12.1 Å². The number of aromatic nitrogens is 2. The third-order valence-corrected chi connectivity index (χ3v) is 5.07. The van der Waals surface area contributed by atoms with Gasteiger partial charge in [0, 0.05) is 27.8 Å². The standard InChI is InChI=1S/C23H16BrF2N3O2/c1-13-4-6-19(21(9-13)31-23(25)26)29-22(30)17-11-20(14-3-2-8-27-12-14)28-18-7-5-15(24)10-16(17)18/h2-12,23H,1H3,(H,29,30). The lowest BCUT2D eigenvalue weighted by Gasteiger charge is -2.14. The summed E-state index contributed by atoms with van der Waals surface area (Å²) in [5, 5.41) is 3.31. The Bertz CT molecular complexity index is 1270. The van der Waals surface area contributed by atoms with E-state index in [4.69, 9.17) is 0 Å².